The zero-order chi connectivity index (χ0) is 20.7. The van der Waals surface area contributed by atoms with E-state index >= 15 is 0 Å². The normalized spacial score (nSPS) is 23.8. The number of ether oxygens (including phenoxy) is 1. The van der Waals surface area contributed by atoms with Crippen LogP contribution in [0.5, 0.6) is 0 Å². The highest BCUT2D eigenvalue weighted by Gasteiger charge is 2.34. The van der Waals surface area contributed by atoms with Crippen molar-refractivity contribution in [3.63, 3.8) is 0 Å². The Morgan fingerprint density at radius 2 is 1.90 bits per heavy atom. The SMILES string of the molecule is FC(F)(F)c1csc(-c2c[nH]c3ncc(C4CCC(N5CCOCC5)CC4)cc23)n1. The molecule has 0 atom stereocenters. The van der Waals surface area contributed by atoms with Crippen LogP contribution in [0, 0.1) is 0 Å². The van der Waals surface area contributed by atoms with Gasteiger partial charge in [0.1, 0.15) is 10.7 Å². The Morgan fingerprint density at radius 3 is 2.60 bits per heavy atom. The summed E-state index contributed by atoms with van der Waals surface area (Å²) in [6, 6.07) is 2.71. The molecule has 0 bridgehead atoms. The van der Waals surface area contributed by atoms with E-state index in [2.05, 4.69) is 25.9 Å². The summed E-state index contributed by atoms with van der Waals surface area (Å²) in [5, 5.41) is 2.27. The first-order chi connectivity index (χ1) is 14.5. The summed E-state index contributed by atoms with van der Waals surface area (Å²) in [5.41, 5.74) is 1.68. The van der Waals surface area contributed by atoms with Gasteiger partial charge in [0.05, 0.1) is 13.2 Å². The van der Waals surface area contributed by atoms with E-state index in [4.69, 9.17) is 4.74 Å². The smallest absolute Gasteiger partial charge is 0.379 e. The first kappa shape index (κ1) is 20.0. The zero-order valence-corrected chi connectivity index (χ0v) is 17.2. The van der Waals surface area contributed by atoms with E-state index in [9.17, 15) is 13.2 Å². The molecule has 2 fully saturated rings. The molecule has 0 spiro atoms. The number of thiazole rings is 1. The van der Waals surface area contributed by atoms with Crippen molar-refractivity contribution in [2.75, 3.05) is 26.3 Å². The van der Waals surface area contributed by atoms with Crippen LogP contribution < -0.4 is 0 Å². The predicted molar refractivity (Wildman–Crippen MR) is 110 cm³/mol. The summed E-state index contributed by atoms with van der Waals surface area (Å²) in [4.78, 5) is 14.0. The molecule has 3 aromatic rings. The molecule has 2 aliphatic rings. The minimum atomic E-state index is -4.43. The molecule has 1 aliphatic carbocycles. The van der Waals surface area contributed by atoms with E-state index in [-0.39, 0.29) is 0 Å². The Hall–Kier alpha value is -1.97. The van der Waals surface area contributed by atoms with Gasteiger partial charge >= 0.3 is 6.18 Å². The Kier molecular flexibility index (Phi) is 5.28. The van der Waals surface area contributed by atoms with Crippen LogP contribution in [0.1, 0.15) is 42.9 Å². The van der Waals surface area contributed by atoms with Crippen molar-refractivity contribution in [1.82, 2.24) is 19.9 Å². The van der Waals surface area contributed by atoms with Crippen LogP contribution in [0.2, 0.25) is 0 Å². The van der Waals surface area contributed by atoms with Crippen LogP contribution >= 0.6 is 11.3 Å². The van der Waals surface area contributed by atoms with Crippen LogP contribution in [0.15, 0.2) is 23.8 Å². The predicted octanol–water partition coefficient (Wildman–Crippen LogP) is 5.06. The second-order valence-electron chi connectivity index (χ2n) is 8.06. The number of H-pyrrole nitrogens is 1. The fourth-order valence-corrected chi connectivity index (χ4v) is 5.52. The number of alkyl halides is 3. The molecule has 9 heteroatoms. The fraction of sp³-hybridized carbons (Fsp3) is 0.524. The van der Waals surface area contributed by atoms with E-state index in [1.807, 2.05) is 6.20 Å². The second-order valence-corrected chi connectivity index (χ2v) is 8.91. The van der Waals surface area contributed by atoms with E-state index in [0.717, 1.165) is 79.7 Å². The van der Waals surface area contributed by atoms with Crippen LogP contribution in [0.25, 0.3) is 21.6 Å². The van der Waals surface area contributed by atoms with Gasteiger partial charge in [-0.1, -0.05) is 0 Å². The molecule has 5 rings (SSSR count). The van der Waals surface area contributed by atoms with Crippen molar-refractivity contribution in [2.45, 2.75) is 43.8 Å². The highest BCUT2D eigenvalue weighted by Crippen LogP contribution is 2.39. The molecule has 5 nitrogen and oxygen atoms in total. The molecule has 0 amide bonds. The molecule has 0 aromatic carbocycles. The van der Waals surface area contributed by atoms with Gasteiger partial charge in [0.25, 0.3) is 0 Å². The lowest BCUT2D eigenvalue weighted by Gasteiger charge is -2.38. The number of pyridine rings is 1. The van der Waals surface area contributed by atoms with Crippen molar-refractivity contribution in [1.29, 1.82) is 0 Å². The molecule has 1 saturated heterocycles. The number of nitrogens with one attached hydrogen (secondary N) is 1. The summed E-state index contributed by atoms with van der Waals surface area (Å²) in [7, 11) is 0. The van der Waals surface area contributed by atoms with Crippen molar-refractivity contribution >= 4 is 22.4 Å². The number of aromatic amines is 1. The molecule has 1 aliphatic heterocycles. The monoisotopic (exact) mass is 436 g/mol. The third-order valence-electron chi connectivity index (χ3n) is 6.31. The number of hydrogen-bond acceptors (Lipinski definition) is 5. The summed E-state index contributed by atoms with van der Waals surface area (Å²) in [6.45, 7) is 3.68. The minimum absolute atomic E-state index is 0.364. The molecule has 160 valence electrons. The standard InChI is InChI=1S/C21H23F3N4OS/c22-21(23,24)18-12-30-20(27-18)17-11-26-19-16(17)9-14(10-25-19)13-1-3-15(4-2-13)28-5-7-29-8-6-28/h9-13,15H,1-8H2,(H,25,26). The molecule has 0 radical (unpaired) electrons. The molecule has 0 unspecified atom stereocenters. The van der Waals surface area contributed by atoms with Gasteiger partial charge in [-0.05, 0) is 43.2 Å². The van der Waals surface area contributed by atoms with E-state index in [0.29, 0.717) is 28.2 Å². The lowest BCUT2D eigenvalue weighted by atomic mass is 9.81. The number of rotatable bonds is 3. The Morgan fingerprint density at radius 1 is 1.13 bits per heavy atom. The lowest BCUT2D eigenvalue weighted by molar-refractivity contribution is -0.140. The van der Waals surface area contributed by atoms with E-state index < -0.39 is 11.9 Å². The number of morpholine rings is 1. The Labute approximate surface area is 176 Å². The van der Waals surface area contributed by atoms with Crippen molar-refractivity contribution in [3.8, 4) is 10.6 Å². The zero-order valence-electron chi connectivity index (χ0n) is 16.4. The maximum absolute atomic E-state index is 12.9. The average Bonchev–Trinajstić information content (AvgIpc) is 3.41. The number of aromatic nitrogens is 3. The van der Waals surface area contributed by atoms with Gasteiger partial charge in [-0.15, -0.1) is 11.3 Å². The van der Waals surface area contributed by atoms with Crippen molar-refractivity contribution < 1.29 is 17.9 Å². The second kappa shape index (κ2) is 7.94. The molecular weight excluding hydrogens is 413 g/mol. The van der Waals surface area contributed by atoms with Crippen LogP contribution in [0.3, 0.4) is 0 Å². The van der Waals surface area contributed by atoms with Gasteiger partial charge in [-0.3, -0.25) is 4.90 Å². The topological polar surface area (TPSA) is 54.0 Å². The number of fused-ring (bicyclic) bond motifs is 1. The van der Waals surface area contributed by atoms with Crippen LogP contribution in [-0.4, -0.2) is 52.2 Å². The van der Waals surface area contributed by atoms with Gasteiger partial charge in [-0.2, -0.15) is 13.2 Å². The van der Waals surface area contributed by atoms with Crippen molar-refractivity contribution in [3.05, 3.63) is 35.1 Å². The van der Waals surface area contributed by atoms with E-state index in [1.54, 1.807) is 6.20 Å². The molecule has 1 saturated carbocycles. The summed E-state index contributed by atoms with van der Waals surface area (Å²) in [6.07, 6.45) is 3.70. The number of nitrogens with zero attached hydrogens (tertiary/aromatic N) is 3. The first-order valence-corrected chi connectivity index (χ1v) is 11.2. The van der Waals surface area contributed by atoms with Gasteiger partial charge in [0.2, 0.25) is 0 Å². The molecule has 3 aromatic heterocycles. The van der Waals surface area contributed by atoms with Gasteiger partial charge in [0, 0.05) is 47.9 Å². The van der Waals surface area contributed by atoms with E-state index in [1.165, 1.54) is 0 Å². The van der Waals surface area contributed by atoms with Gasteiger partial charge < -0.3 is 9.72 Å². The third-order valence-corrected chi connectivity index (χ3v) is 7.18. The van der Waals surface area contributed by atoms with Gasteiger partial charge in [0.15, 0.2) is 5.69 Å². The molecule has 1 N–H and O–H groups in total. The number of hydrogen-bond donors (Lipinski definition) is 1. The summed E-state index contributed by atoms with van der Waals surface area (Å²) in [5.74, 6) is 0.434. The lowest BCUT2D eigenvalue weighted by Crippen LogP contribution is -2.44. The summed E-state index contributed by atoms with van der Waals surface area (Å²) >= 11 is 1.01. The molecule has 4 heterocycles. The molecular formula is C21H23F3N4OS. The maximum atomic E-state index is 12.9. The fourth-order valence-electron chi connectivity index (χ4n) is 4.66. The Bertz CT molecular complexity index is 1020. The minimum Gasteiger partial charge on any atom is -0.379 e. The summed E-state index contributed by atoms with van der Waals surface area (Å²) < 4.78 is 44.3. The Balaban J connectivity index is 1.35. The highest BCUT2D eigenvalue weighted by atomic mass is 32.1. The third kappa shape index (κ3) is 3.86. The molecule has 30 heavy (non-hydrogen) atoms. The van der Waals surface area contributed by atoms with Gasteiger partial charge in [-0.25, -0.2) is 9.97 Å². The van der Waals surface area contributed by atoms with Crippen molar-refractivity contribution in [2.24, 2.45) is 0 Å². The highest BCUT2D eigenvalue weighted by molar-refractivity contribution is 7.13. The van der Waals surface area contributed by atoms with Crippen LogP contribution in [0.4, 0.5) is 13.2 Å². The first-order valence-electron chi connectivity index (χ1n) is 10.3. The van der Waals surface area contributed by atoms with Crippen LogP contribution in [-0.2, 0) is 10.9 Å². The quantitative estimate of drug-likeness (QED) is 0.623. The maximum Gasteiger partial charge on any atom is 0.434 e. The average molecular weight is 437 g/mol. The largest absolute Gasteiger partial charge is 0.434 e. The number of halogens is 3.